The number of aromatic nitrogens is 3. The van der Waals surface area contributed by atoms with Crippen molar-refractivity contribution in [1.82, 2.24) is 19.7 Å². The van der Waals surface area contributed by atoms with Crippen LogP contribution in [0.25, 0.3) is 5.00 Å². The van der Waals surface area contributed by atoms with Gasteiger partial charge in [0.1, 0.15) is 34.2 Å². The summed E-state index contributed by atoms with van der Waals surface area (Å²) in [5, 5.41) is 32.3. The van der Waals surface area contributed by atoms with Gasteiger partial charge >= 0.3 is 0 Å². The van der Waals surface area contributed by atoms with E-state index in [-0.39, 0.29) is 29.4 Å². The molecule has 0 spiro atoms. The van der Waals surface area contributed by atoms with Gasteiger partial charge in [0.05, 0.1) is 24.1 Å². The molecule has 5 heterocycles. The van der Waals surface area contributed by atoms with E-state index >= 15 is 0 Å². The zero-order valence-electron chi connectivity index (χ0n) is 36.8. The minimum absolute atomic E-state index is 0.0369. The van der Waals surface area contributed by atoms with E-state index < -0.39 is 5.60 Å². The van der Waals surface area contributed by atoms with E-state index in [4.69, 9.17) is 9.73 Å². The normalized spacial score (nSPS) is 21.0. The molecule has 0 radical (unpaired) electrons. The van der Waals surface area contributed by atoms with Crippen LogP contribution < -0.4 is 14.5 Å². The molecule has 2 aromatic heterocycles. The lowest BCUT2D eigenvalue weighted by Crippen LogP contribution is -2.55. The van der Waals surface area contributed by atoms with Gasteiger partial charge in [-0.05, 0) is 136 Å². The summed E-state index contributed by atoms with van der Waals surface area (Å²) in [7, 11) is 1.74. The number of nitrogens with zero attached hydrogens (tertiary/aromatic N) is 7. The molecule has 4 aromatic carbocycles. The number of aromatic hydroxyl groups is 1. The first-order valence-electron chi connectivity index (χ1n) is 22.4. The Morgan fingerprint density at radius 3 is 2.30 bits per heavy atom. The number of phenolic OH excluding ortho intramolecular Hbond substituents is 1. The van der Waals surface area contributed by atoms with E-state index in [0.717, 1.165) is 108 Å². The topological polar surface area (TPSA) is 102 Å². The van der Waals surface area contributed by atoms with E-state index in [1.807, 2.05) is 31.2 Å². The zero-order valence-corrected chi connectivity index (χ0v) is 37.6. The van der Waals surface area contributed by atoms with Crippen molar-refractivity contribution in [2.45, 2.75) is 76.9 Å². The summed E-state index contributed by atoms with van der Waals surface area (Å²) in [4.78, 5) is 13.7. The maximum Gasteiger partial charge on any atom is 0.162 e. The van der Waals surface area contributed by atoms with E-state index in [2.05, 4.69) is 92.7 Å². The summed E-state index contributed by atoms with van der Waals surface area (Å²) in [6.07, 6.45) is 3.18. The van der Waals surface area contributed by atoms with Crippen molar-refractivity contribution < 1.29 is 19.3 Å². The van der Waals surface area contributed by atoms with Crippen LogP contribution in [0.5, 0.6) is 11.5 Å². The van der Waals surface area contributed by atoms with Crippen molar-refractivity contribution in [3.05, 3.63) is 146 Å². The van der Waals surface area contributed by atoms with E-state index in [9.17, 15) is 14.6 Å². The number of hydrogen-bond donors (Lipinski definition) is 2. The fraction of sp³-hybridized carbons (Fsp3) is 0.392. The number of aliphatic imine (C=N–C) groups is 1. The molecule has 0 saturated carbocycles. The predicted molar refractivity (Wildman–Crippen MR) is 249 cm³/mol. The number of methoxy groups -OCH3 is 1. The van der Waals surface area contributed by atoms with Crippen LogP contribution in [-0.2, 0) is 6.42 Å². The molecule has 10 nitrogen and oxygen atoms in total. The van der Waals surface area contributed by atoms with Gasteiger partial charge in [-0.15, -0.1) is 21.5 Å². The van der Waals surface area contributed by atoms with E-state index in [1.165, 1.54) is 27.3 Å². The third-order valence-corrected chi connectivity index (χ3v) is 15.4. The summed E-state index contributed by atoms with van der Waals surface area (Å²) in [6.45, 7) is 14.1. The molecule has 10 rings (SSSR count). The zero-order chi connectivity index (χ0) is 43.6. The SMILES string of the molecule is COc1cc([C@@H]2c3ccc(O)cc3CC[C@@H]2c2ccc(F)cc2)ccc1N1CCN(CC2(O)CCN(c3ccc(C4=N[C@@H](C)c5nnc(C)n5-c5sc(C)c(C)c54)cc3)CC2)CC1. The van der Waals surface area contributed by atoms with Gasteiger partial charge in [0.25, 0.3) is 0 Å². The Morgan fingerprint density at radius 2 is 1.57 bits per heavy atom. The highest BCUT2D eigenvalue weighted by molar-refractivity contribution is 7.15. The molecule has 6 aromatic rings. The average molecular weight is 866 g/mol. The molecule has 2 saturated heterocycles. The number of fused-ring (bicyclic) bond motifs is 4. The molecule has 2 fully saturated rings. The Kier molecular flexibility index (Phi) is 10.9. The van der Waals surface area contributed by atoms with Crippen LogP contribution in [0, 0.1) is 26.6 Å². The Labute approximate surface area is 373 Å². The molecule has 2 N–H and O–H groups in total. The smallest absolute Gasteiger partial charge is 0.162 e. The number of halogens is 1. The Hall–Kier alpha value is -5.56. The first-order valence-corrected chi connectivity index (χ1v) is 23.2. The Bertz CT molecular complexity index is 2680. The number of β-amino-alcohol motifs (C(OH)–C–C–N with tert-alkyl or cyclic N) is 1. The molecule has 4 aliphatic rings. The van der Waals surface area contributed by atoms with Crippen LogP contribution >= 0.6 is 11.3 Å². The Balaban J connectivity index is 0.782. The molecule has 63 heavy (non-hydrogen) atoms. The number of piperidine rings is 1. The van der Waals surface area contributed by atoms with Crippen LogP contribution in [0.3, 0.4) is 0 Å². The average Bonchev–Trinajstić information content (AvgIpc) is 3.78. The number of phenols is 1. The summed E-state index contributed by atoms with van der Waals surface area (Å²) >= 11 is 1.78. The van der Waals surface area contributed by atoms with Crippen LogP contribution in [0.1, 0.15) is 99.5 Å². The molecular weight excluding hydrogens is 810 g/mol. The lowest BCUT2D eigenvalue weighted by atomic mass is 9.69. The van der Waals surface area contributed by atoms with Crippen LogP contribution in [0.15, 0.2) is 89.9 Å². The third kappa shape index (κ3) is 7.69. The van der Waals surface area contributed by atoms with Crippen molar-refractivity contribution in [3.63, 3.8) is 0 Å². The molecule has 3 atom stereocenters. The Morgan fingerprint density at radius 1 is 0.841 bits per heavy atom. The van der Waals surface area contributed by atoms with Crippen molar-refractivity contribution in [1.29, 1.82) is 0 Å². The number of thiophene rings is 1. The second-order valence-electron chi connectivity index (χ2n) is 18.1. The lowest BCUT2D eigenvalue weighted by Gasteiger charge is -2.44. The van der Waals surface area contributed by atoms with Crippen molar-refractivity contribution in [3.8, 4) is 16.5 Å². The molecule has 326 valence electrons. The summed E-state index contributed by atoms with van der Waals surface area (Å²) in [5.74, 6) is 2.84. The summed E-state index contributed by atoms with van der Waals surface area (Å²) < 4.78 is 22.2. The fourth-order valence-corrected chi connectivity index (χ4v) is 11.9. The van der Waals surface area contributed by atoms with Gasteiger partial charge in [0.2, 0.25) is 0 Å². The summed E-state index contributed by atoms with van der Waals surface area (Å²) in [5.41, 5.74) is 10.6. The number of aliphatic hydroxyl groups is 1. The van der Waals surface area contributed by atoms with E-state index in [0.29, 0.717) is 19.4 Å². The van der Waals surface area contributed by atoms with Gasteiger partial charge in [0, 0.05) is 73.4 Å². The minimum Gasteiger partial charge on any atom is -0.508 e. The van der Waals surface area contributed by atoms with Gasteiger partial charge in [-0.2, -0.15) is 0 Å². The van der Waals surface area contributed by atoms with E-state index in [1.54, 1.807) is 36.6 Å². The van der Waals surface area contributed by atoms with Crippen molar-refractivity contribution in [2.24, 2.45) is 4.99 Å². The number of anilines is 2. The number of piperazine rings is 1. The van der Waals surface area contributed by atoms with Gasteiger partial charge < -0.3 is 24.7 Å². The van der Waals surface area contributed by atoms with Crippen LogP contribution in [0.4, 0.5) is 15.8 Å². The highest BCUT2D eigenvalue weighted by Crippen LogP contribution is 2.49. The van der Waals surface area contributed by atoms with Crippen LogP contribution in [-0.4, -0.2) is 94.1 Å². The van der Waals surface area contributed by atoms with Gasteiger partial charge in [-0.25, -0.2) is 4.39 Å². The van der Waals surface area contributed by atoms with Gasteiger partial charge in [-0.1, -0.05) is 36.4 Å². The standard InChI is InChI=1S/C51H56FN7O3S/c1-31-33(3)63-50-46(31)48(53-32(2)49-55-54-34(4)59(49)50)36-8-14-40(15-9-36)57-22-20-51(61,21-23-57)30-56-24-26-58(27-25-56)44-19-11-38(29-45(44)62-5)47-42(35-6-12-39(52)13-7-35)17-10-37-28-41(60)16-18-43(37)47/h6-9,11-16,18-19,28-29,32,42,47,60-61H,10,17,20-27,30H2,1-5H3/t32-,42+,47-/m0/s1. The number of rotatable bonds is 8. The maximum absolute atomic E-state index is 14.0. The first-order chi connectivity index (χ1) is 30.5. The number of hydrogen-bond acceptors (Lipinski definition) is 10. The lowest BCUT2D eigenvalue weighted by molar-refractivity contribution is -0.0173. The highest BCUT2D eigenvalue weighted by atomic mass is 32.1. The second kappa shape index (κ2) is 16.5. The molecule has 0 amide bonds. The number of benzene rings is 4. The largest absolute Gasteiger partial charge is 0.508 e. The fourth-order valence-electron chi connectivity index (χ4n) is 10.6. The minimum atomic E-state index is -0.737. The molecule has 3 aliphatic heterocycles. The van der Waals surface area contributed by atoms with Crippen molar-refractivity contribution in [2.75, 3.05) is 62.7 Å². The summed E-state index contributed by atoms with van der Waals surface area (Å²) in [6, 6.07) is 27.9. The predicted octanol–water partition coefficient (Wildman–Crippen LogP) is 9.03. The van der Waals surface area contributed by atoms with Gasteiger partial charge in [-0.3, -0.25) is 14.5 Å². The maximum atomic E-state index is 14.0. The molecule has 0 bridgehead atoms. The number of aryl methyl sites for hydroxylation is 3. The number of ether oxygens (including phenoxy) is 1. The molecular formula is C51H56FN7O3S. The highest BCUT2D eigenvalue weighted by Gasteiger charge is 2.37. The van der Waals surface area contributed by atoms with Crippen molar-refractivity contribution >= 4 is 28.4 Å². The molecule has 0 unspecified atom stereocenters. The monoisotopic (exact) mass is 865 g/mol. The quantitative estimate of drug-likeness (QED) is 0.156. The third-order valence-electron chi connectivity index (χ3n) is 14.2. The van der Waals surface area contributed by atoms with Gasteiger partial charge in [0.15, 0.2) is 5.82 Å². The molecule has 1 aliphatic carbocycles. The molecule has 12 heteroatoms. The second-order valence-corrected chi connectivity index (χ2v) is 19.3. The first kappa shape index (κ1) is 41.5. The van der Waals surface area contributed by atoms with Crippen LogP contribution in [0.2, 0.25) is 0 Å².